The number of hydrogen-bond donors (Lipinski definition) is 0. The van der Waals surface area contributed by atoms with Crippen molar-refractivity contribution in [3.63, 3.8) is 0 Å². The molecular weight excluding hydrogens is 310 g/mol. The van der Waals surface area contributed by atoms with Gasteiger partial charge in [0.05, 0.1) is 0 Å². The molecule has 0 unspecified atom stereocenters. The van der Waals surface area contributed by atoms with Crippen LogP contribution in [-0.4, -0.2) is 57.3 Å². The van der Waals surface area contributed by atoms with Crippen LogP contribution < -0.4 is 4.90 Å². The fourth-order valence-corrected chi connectivity index (χ4v) is 3.81. The maximum atomic E-state index is 12.1. The van der Waals surface area contributed by atoms with Gasteiger partial charge < -0.3 is 4.90 Å². The summed E-state index contributed by atoms with van der Waals surface area (Å²) in [7, 11) is 1.46. The third kappa shape index (κ3) is 3.69. The zero-order valence-electron chi connectivity index (χ0n) is 12.7. The van der Waals surface area contributed by atoms with Crippen molar-refractivity contribution < 1.29 is 8.42 Å². The Morgan fingerprint density at radius 3 is 2.10 bits per heavy atom. The first-order chi connectivity index (χ1) is 9.82. The van der Waals surface area contributed by atoms with E-state index in [1.165, 1.54) is 8.61 Å². The van der Waals surface area contributed by atoms with E-state index in [9.17, 15) is 8.42 Å². The molecule has 1 saturated heterocycles. The summed E-state index contributed by atoms with van der Waals surface area (Å²) in [5, 5.41) is 0.727. The molecule has 0 bridgehead atoms. The molecule has 0 spiro atoms. The van der Waals surface area contributed by atoms with Crippen LogP contribution in [0, 0.1) is 0 Å². The summed E-state index contributed by atoms with van der Waals surface area (Å²) in [6.45, 7) is 1.69. The number of benzene rings is 1. The summed E-state index contributed by atoms with van der Waals surface area (Å²) < 4.78 is 27.0. The molecule has 1 aromatic carbocycles. The topological polar surface area (TPSA) is 43.9 Å². The van der Waals surface area contributed by atoms with E-state index in [2.05, 4.69) is 4.90 Å². The molecule has 1 aliphatic heterocycles. The van der Waals surface area contributed by atoms with Crippen LogP contribution in [0.4, 0.5) is 5.69 Å². The van der Waals surface area contributed by atoms with Gasteiger partial charge in [-0.25, -0.2) is 0 Å². The molecule has 0 atom stereocenters. The molecule has 21 heavy (non-hydrogen) atoms. The molecule has 0 aromatic heterocycles. The largest absolute Gasteiger partial charge is 0.371 e. The first kappa shape index (κ1) is 16.5. The van der Waals surface area contributed by atoms with Gasteiger partial charge in [0.2, 0.25) is 0 Å². The second-order valence-corrected chi connectivity index (χ2v) is 8.14. The predicted molar refractivity (Wildman–Crippen MR) is 87.1 cm³/mol. The van der Waals surface area contributed by atoms with Gasteiger partial charge in [-0.1, -0.05) is 11.6 Å². The predicted octanol–water partition coefficient (Wildman–Crippen LogP) is 2.05. The van der Waals surface area contributed by atoms with E-state index in [0.717, 1.165) is 36.6 Å². The van der Waals surface area contributed by atoms with E-state index < -0.39 is 10.2 Å². The second kappa shape index (κ2) is 6.52. The lowest BCUT2D eigenvalue weighted by molar-refractivity contribution is 0.296. The normalized spacial score (nSPS) is 17.7. The average molecular weight is 332 g/mol. The van der Waals surface area contributed by atoms with Crippen molar-refractivity contribution in [2.24, 2.45) is 0 Å². The van der Waals surface area contributed by atoms with Gasteiger partial charge in [-0.2, -0.15) is 17.0 Å². The number of nitrogens with zero attached hydrogens (tertiary/aromatic N) is 3. The van der Waals surface area contributed by atoms with Crippen LogP contribution in [-0.2, 0) is 10.2 Å². The maximum Gasteiger partial charge on any atom is 0.281 e. The number of rotatable bonds is 4. The van der Waals surface area contributed by atoms with Gasteiger partial charge in [-0.3, -0.25) is 0 Å². The molecule has 1 fully saturated rings. The molecule has 118 valence electrons. The first-order valence-corrected chi connectivity index (χ1v) is 8.76. The monoisotopic (exact) mass is 331 g/mol. The first-order valence-electron chi connectivity index (χ1n) is 6.98. The molecule has 5 nitrogen and oxygen atoms in total. The van der Waals surface area contributed by atoms with E-state index in [1.54, 1.807) is 21.1 Å². The quantitative estimate of drug-likeness (QED) is 0.848. The van der Waals surface area contributed by atoms with Gasteiger partial charge in [0.15, 0.2) is 0 Å². The van der Waals surface area contributed by atoms with E-state index in [1.807, 2.05) is 24.3 Å². The highest BCUT2D eigenvalue weighted by molar-refractivity contribution is 7.86. The van der Waals surface area contributed by atoms with Gasteiger partial charge in [0, 0.05) is 51.0 Å². The van der Waals surface area contributed by atoms with Crippen molar-refractivity contribution in [1.82, 2.24) is 8.61 Å². The van der Waals surface area contributed by atoms with E-state index in [-0.39, 0.29) is 6.04 Å². The molecule has 0 aliphatic carbocycles. The van der Waals surface area contributed by atoms with Crippen LogP contribution in [0.5, 0.6) is 0 Å². The minimum absolute atomic E-state index is 0.0564. The Balaban J connectivity index is 1.99. The van der Waals surface area contributed by atoms with Crippen LogP contribution in [0.1, 0.15) is 12.8 Å². The molecule has 0 saturated carbocycles. The highest BCUT2D eigenvalue weighted by Gasteiger charge is 2.30. The van der Waals surface area contributed by atoms with Crippen LogP contribution in [0.15, 0.2) is 24.3 Å². The van der Waals surface area contributed by atoms with Crippen molar-refractivity contribution in [3.8, 4) is 0 Å². The Hall–Kier alpha value is -0.820. The molecular formula is C14H22ClN3O2S. The lowest BCUT2D eigenvalue weighted by Crippen LogP contribution is -2.48. The van der Waals surface area contributed by atoms with Gasteiger partial charge >= 0.3 is 0 Å². The fourth-order valence-electron chi connectivity index (χ4n) is 2.59. The minimum Gasteiger partial charge on any atom is -0.371 e. The van der Waals surface area contributed by atoms with Crippen molar-refractivity contribution in [1.29, 1.82) is 0 Å². The summed E-state index contributed by atoms with van der Waals surface area (Å²) in [5.41, 5.74) is 1.14. The van der Waals surface area contributed by atoms with E-state index >= 15 is 0 Å². The Morgan fingerprint density at radius 1 is 1.10 bits per heavy atom. The van der Waals surface area contributed by atoms with Crippen molar-refractivity contribution >= 4 is 27.5 Å². The number of hydrogen-bond acceptors (Lipinski definition) is 3. The molecule has 1 aromatic rings. The molecule has 2 rings (SSSR count). The summed E-state index contributed by atoms with van der Waals surface area (Å²) in [4.78, 5) is 2.27. The number of halogens is 1. The maximum absolute atomic E-state index is 12.1. The van der Waals surface area contributed by atoms with Crippen LogP contribution in [0.25, 0.3) is 0 Å². The van der Waals surface area contributed by atoms with Gasteiger partial charge in [0.25, 0.3) is 10.2 Å². The Labute approximate surface area is 132 Å². The summed E-state index contributed by atoms with van der Waals surface area (Å²) in [6.07, 6.45) is 1.65. The SMILES string of the molecule is CN(C)S(=O)(=O)N(C)C1CCN(c2ccc(Cl)cc2)CC1. The van der Waals surface area contributed by atoms with Crippen molar-refractivity contribution in [3.05, 3.63) is 29.3 Å². The van der Waals surface area contributed by atoms with Crippen molar-refractivity contribution in [2.45, 2.75) is 18.9 Å². The third-order valence-corrected chi connectivity index (χ3v) is 6.20. The second-order valence-electron chi connectivity index (χ2n) is 5.50. The van der Waals surface area contributed by atoms with Crippen LogP contribution in [0.2, 0.25) is 5.02 Å². The lowest BCUT2D eigenvalue weighted by Gasteiger charge is -2.38. The van der Waals surface area contributed by atoms with E-state index in [4.69, 9.17) is 11.6 Å². The van der Waals surface area contributed by atoms with Gasteiger partial charge in [-0.05, 0) is 37.1 Å². The van der Waals surface area contributed by atoms with Gasteiger partial charge in [-0.15, -0.1) is 0 Å². The summed E-state index contributed by atoms with van der Waals surface area (Å²) >= 11 is 5.90. The standard InChI is InChI=1S/C14H22ClN3O2S/c1-16(2)21(19,20)17(3)13-8-10-18(11-9-13)14-6-4-12(15)5-7-14/h4-7,13H,8-11H2,1-3H3. The molecule has 0 radical (unpaired) electrons. The summed E-state index contributed by atoms with van der Waals surface area (Å²) in [5.74, 6) is 0. The van der Waals surface area contributed by atoms with Crippen molar-refractivity contribution in [2.75, 3.05) is 39.1 Å². The molecule has 0 amide bonds. The number of anilines is 1. The summed E-state index contributed by atoms with van der Waals surface area (Å²) in [6, 6.07) is 7.82. The molecule has 7 heteroatoms. The Kier molecular flexibility index (Phi) is 5.14. The van der Waals surface area contributed by atoms with Crippen LogP contribution in [0.3, 0.4) is 0 Å². The van der Waals surface area contributed by atoms with E-state index in [0.29, 0.717) is 0 Å². The zero-order valence-corrected chi connectivity index (χ0v) is 14.2. The lowest BCUT2D eigenvalue weighted by atomic mass is 10.0. The van der Waals surface area contributed by atoms with Crippen LogP contribution >= 0.6 is 11.6 Å². The number of piperidine rings is 1. The average Bonchev–Trinajstić information content (AvgIpc) is 2.47. The Morgan fingerprint density at radius 2 is 1.62 bits per heavy atom. The highest BCUT2D eigenvalue weighted by Crippen LogP contribution is 2.24. The minimum atomic E-state index is -3.33. The molecule has 1 aliphatic rings. The zero-order chi connectivity index (χ0) is 15.6. The highest BCUT2D eigenvalue weighted by atomic mass is 35.5. The fraction of sp³-hybridized carbons (Fsp3) is 0.571. The third-order valence-electron chi connectivity index (χ3n) is 4.00. The Bertz CT molecular complexity index is 566. The molecule has 1 heterocycles. The smallest absolute Gasteiger partial charge is 0.281 e. The molecule has 0 N–H and O–H groups in total. The van der Waals surface area contributed by atoms with Gasteiger partial charge in [0.1, 0.15) is 0 Å².